The number of ether oxygens (including phenoxy) is 3. The van der Waals surface area contributed by atoms with E-state index in [9.17, 15) is 19.2 Å². The topological polar surface area (TPSA) is 116 Å². The van der Waals surface area contributed by atoms with Crippen LogP contribution in [0.5, 0.6) is 0 Å². The summed E-state index contributed by atoms with van der Waals surface area (Å²) in [6.07, 6.45) is -1.61. The number of esters is 3. The molecule has 8 heteroatoms. The van der Waals surface area contributed by atoms with Gasteiger partial charge in [-0.1, -0.05) is 6.58 Å². The summed E-state index contributed by atoms with van der Waals surface area (Å²) < 4.78 is 14.8. The molecule has 1 aliphatic carbocycles. The van der Waals surface area contributed by atoms with Crippen molar-refractivity contribution >= 4 is 23.9 Å². The molecule has 1 heterocycles. The molecule has 2 rings (SSSR count). The van der Waals surface area contributed by atoms with Gasteiger partial charge in [0.1, 0.15) is 6.10 Å². The van der Waals surface area contributed by atoms with Crippen LogP contribution < -0.4 is 0 Å². The zero-order chi connectivity index (χ0) is 16.4. The molecular formula is C14H16O8. The number of carbonyl (C=O) groups excluding carboxylic acids is 3. The van der Waals surface area contributed by atoms with Gasteiger partial charge in [0.05, 0.1) is 12.3 Å². The fourth-order valence-electron chi connectivity index (χ4n) is 2.69. The highest BCUT2D eigenvalue weighted by molar-refractivity contribution is 5.88. The van der Waals surface area contributed by atoms with E-state index in [0.29, 0.717) is 0 Å². The lowest BCUT2D eigenvalue weighted by Crippen LogP contribution is -2.43. The SMILES string of the molecule is C=C(C)C(=O)OCC(=O)OC1C2CC(=O)OC1C(C(=O)O)C2. The summed E-state index contributed by atoms with van der Waals surface area (Å²) in [4.78, 5) is 45.4. The van der Waals surface area contributed by atoms with Crippen molar-refractivity contribution in [2.75, 3.05) is 6.61 Å². The van der Waals surface area contributed by atoms with E-state index >= 15 is 0 Å². The molecule has 1 saturated heterocycles. The molecule has 22 heavy (non-hydrogen) atoms. The van der Waals surface area contributed by atoms with Crippen molar-refractivity contribution in [1.82, 2.24) is 0 Å². The van der Waals surface area contributed by atoms with Crippen molar-refractivity contribution in [3.63, 3.8) is 0 Å². The number of rotatable bonds is 5. The molecule has 0 aromatic carbocycles. The minimum atomic E-state index is -1.10. The molecule has 0 radical (unpaired) electrons. The predicted octanol–water partition coefficient (Wildman–Crippen LogP) is 0.0537. The van der Waals surface area contributed by atoms with Crippen LogP contribution in [0.3, 0.4) is 0 Å². The Kier molecular flexibility index (Phi) is 4.48. The van der Waals surface area contributed by atoms with E-state index in [-0.39, 0.29) is 18.4 Å². The Bertz CT molecular complexity index is 537. The second-order valence-corrected chi connectivity index (χ2v) is 5.41. The third-order valence-corrected chi connectivity index (χ3v) is 3.69. The molecule has 2 bridgehead atoms. The number of fused-ring (bicyclic) bond motifs is 2. The number of carbonyl (C=O) groups is 4. The van der Waals surface area contributed by atoms with Gasteiger partial charge < -0.3 is 19.3 Å². The number of carboxylic acid groups (broad SMARTS) is 1. The number of hydrogen-bond acceptors (Lipinski definition) is 7. The Morgan fingerprint density at radius 2 is 2.09 bits per heavy atom. The van der Waals surface area contributed by atoms with Gasteiger partial charge in [0.15, 0.2) is 12.7 Å². The van der Waals surface area contributed by atoms with E-state index in [0.717, 1.165) is 0 Å². The van der Waals surface area contributed by atoms with Gasteiger partial charge in [-0.2, -0.15) is 0 Å². The Balaban J connectivity index is 1.96. The monoisotopic (exact) mass is 312 g/mol. The quantitative estimate of drug-likeness (QED) is 0.430. The average Bonchev–Trinajstić information content (AvgIpc) is 2.64. The summed E-state index contributed by atoms with van der Waals surface area (Å²) in [6.45, 7) is 4.20. The maximum absolute atomic E-state index is 11.7. The summed E-state index contributed by atoms with van der Waals surface area (Å²) in [7, 11) is 0. The van der Waals surface area contributed by atoms with Crippen LogP contribution >= 0.6 is 0 Å². The minimum Gasteiger partial charge on any atom is -0.481 e. The summed E-state index contributed by atoms with van der Waals surface area (Å²) in [5, 5.41) is 9.12. The summed E-state index contributed by atoms with van der Waals surface area (Å²) in [5.74, 6) is -4.44. The van der Waals surface area contributed by atoms with Gasteiger partial charge in [0.2, 0.25) is 0 Å². The predicted molar refractivity (Wildman–Crippen MR) is 69.4 cm³/mol. The van der Waals surface area contributed by atoms with Crippen molar-refractivity contribution < 1.29 is 38.5 Å². The van der Waals surface area contributed by atoms with Crippen LogP contribution in [0, 0.1) is 11.8 Å². The largest absolute Gasteiger partial charge is 0.481 e. The zero-order valence-electron chi connectivity index (χ0n) is 11.9. The Morgan fingerprint density at radius 3 is 2.68 bits per heavy atom. The highest BCUT2D eigenvalue weighted by atomic mass is 16.6. The fourth-order valence-corrected chi connectivity index (χ4v) is 2.69. The normalized spacial score (nSPS) is 29.4. The molecule has 1 aliphatic heterocycles. The number of aliphatic carboxylic acids is 1. The van der Waals surface area contributed by atoms with Crippen molar-refractivity contribution in [1.29, 1.82) is 0 Å². The third-order valence-electron chi connectivity index (χ3n) is 3.69. The first-order valence-electron chi connectivity index (χ1n) is 6.74. The van der Waals surface area contributed by atoms with Gasteiger partial charge in [-0.15, -0.1) is 0 Å². The molecular weight excluding hydrogens is 296 g/mol. The number of hydrogen-bond donors (Lipinski definition) is 1. The molecule has 4 unspecified atom stereocenters. The van der Waals surface area contributed by atoms with Crippen molar-refractivity contribution in [2.45, 2.75) is 32.0 Å². The molecule has 4 atom stereocenters. The summed E-state index contributed by atoms with van der Waals surface area (Å²) >= 11 is 0. The smallest absolute Gasteiger partial charge is 0.344 e. The maximum atomic E-state index is 11.7. The molecule has 0 amide bonds. The molecule has 8 nitrogen and oxygen atoms in total. The first-order chi connectivity index (χ1) is 10.3. The lowest BCUT2D eigenvalue weighted by Gasteiger charge is -2.29. The van der Waals surface area contributed by atoms with Crippen LogP contribution in [0.15, 0.2) is 12.2 Å². The molecule has 0 aromatic rings. The van der Waals surface area contributed by atoms with Gasteiger partial charge in [0, 0.05) is 11.5 Å². The van der Waals surface area contributed by atoms with Gasteiger partial charge >= 0.3 is 23.9 Å². The van der Waals surface area contributed by atoms with Crippen LogP contribution in [-0.2, 0) is 33.4 Å². The molecule has 2 fully saturated rings. The van der Waals surface area contributed by atoms with E-state index in [2.05, 4.69) is 11.3 Å². The zero-order valence-corrected chi connectivity index (χ0v) is 11.9. The Hall–Kier alpha value is -2.38. The van der Waals surface area contributed by atoms with E-state index in [1.165, 1.54) is 6.92 Å². The third kappa shape index (κ3) is 3.26. The average molecular weight is 312 g/mol. The highest BCUT2D eigenvalue weighted by Crippen LogP contribution is 2.42. The van der Waals surface area contributed by atoms with Gasteiger partial charge in [-0.05, 0) is 13.3 Å². The Morgan fingerprint density at radius 1 is 1.41 bits per heavy atom. The minimum absolute atomic E-state index is 0.00375. The van der Waals surface area contributed by atoms with Crippen LogP contribution in [-0.4, -0.2) is 47.8 Å². The second kappa shape index (κ2) is 6.17. The van der Waals surface area contributed by atoms with Crippen LogP contribution in [0.4, 0.5) is 0 Å². The van der Waals surface area contributed by atoms with E-state index in [1.54, 1.807) is 0 Å². The lowest BCUT2D eigenvalue weighted by atomic mass is 9.99. The second-order valence-electron chi connectivity index (χ2n) is 5.41. The lowest BCUT2D eigenvalue weighted by molar-refractivity contribution is -0.184. The van der Waals surface area contributed by atoms with Gasteiger partial charge in [-0.3, -0.25) is 9.59 Å². The summed E-state index contributed by atoms with van der Waals surface area (Å²) in [5.41, 5.74) is 0.144. The summed E-state index contributed by atoms with van der Waals surface area (Å²) in [6, 6.07) is 0. The molecule has 0 spiro atoms. The van der Waals surface area contributed by atoms with Crippen LogP contribution in [0.1, 0.15) is 19.8 Å². The van der Waals surface area contributed by atoms with Crippen LogP contribution in [0.25, 0.3) is 0 Å². The van der Waals surface area contributed by atoms with E-state index in [4.69, 9.17) is 14.6 Å². The number of carboxylic acids is 1. The highest BCUT2D eigenvalue weighted by Gasteiger charge is 2.54. The van der Waals surface area contributed by atoms with Crippen molar-refractivity contribution in [3.05, 3.63) is 12.2 Å². The first kappa shape index (κ1) is 16.0. The fraction of sp³-hybridized carbons (Fsp3) is 0.571. The molecule has 120 valence electrons. The van der Waals surface area contributed by atoms with Gasteiger partial charge in [0.25, 0.3) is 0 Å². The van der Waals surface area contributed by atoms with Gasteiger partial charge in [-0.25, -0.2) is 9.59 Å². The van der Waals surface area contributed by atoms with Crippen molar-refractivity contribution in [2.24, 2.45) is 11.8 Å². The standard InChI is InChI=1S/C14H16O8/c1-6(2)14(19)20-5-10(16)22-11-7-3-8(13(17)18)12(11)21-9(15)4-7/h7-8,11-12H,1,3-5H2,2H3,(H,17,18). The van der Waals surface area contributed by atoms with E-state index < -0.39 is 54.5 Å². The van der Waals surface area contributed by atoms with E-state index in [1.807, 2.05) is 0 Å². The molecule has 2 aliphatic rings. The first-order valence-corrected chi connectivity index (χ1v) is 6.74. The van der Waals surface area contributed by atoms with Crippen LogP contribution in [0.2, 0.25) is 0 Å². The van der Waals surface area contributed by atoms with Crippen molar-refractivity contribution in [3.8, 4) is 0 Å². The maximum Gasteiger partial charge on any atom is 0.344 e. The molecule has 1 N–H and O–H groups in total. The molecule has 0 aromatic heterocycles. The molecule has 1 saturated carbocycles. The Labute approximate surface area is 126 Å².